The van der Waals surface area contributed by atoms with Crippen LogP contribution in [0.2, 0.25) is 0 Å². The molecule has 0 aliphatic heterocycles. The van der Waals surface area contributed by atoms with Crippen LogP contribution in [0.15, 0.2) is 25.9 Å². The van der Waals surface area contributed by atoms with Gasteiger partial charge in [-0.15, -0.1) is 0 Å². The first-order valence-corrected chi connectivity index (χ1v) is 12.6. The van der Waals surface area contributed by atoms with Gasteiger partial charge >= 0.3 is 24.5 Å². The summed E-state index contributed by atoms with van der Waals surface area (Å²) >= 11 is 5.11. The largest absolute Gasteiger partial charge is 0.463 e. The minimum Gasteiger partial charge on any atom is -0.463 e. The van der Waals surface area contributed by atoms with Crippen molar-refractivity contribution in [3.63, 3.8) is 0 Å². The molecule has 18 heteroatoms. The Morgan fingerprint density at radius 1 is 1.00 bits per heavy atom. The predicted octanol–water partition coefficient (Wildman–Crippen LogP) is 7.15. The van der Waals surface area contributed by atoms with Crippen molar-refractivity contribution in [3.05, 3.63) is 48.3 Å². The van der Waals surface area contributed by atoms with E-state index in [-0.39, 0.29) is 23.6 Å². The third kappa shape index (κ3) is 7.29. The molecule has 1 aromatic carbocycles. The topological polar surface area (TPSA) is 73.7 Å². The zero-order valence-corrected chi connectivity index (χ0v) is 24.0. The van der Waals surface area contributed by atoms with Crippen molar-refractivity contribution in [2.75, 3.05) is 18.6 Å². The third-order valence-corrected chi connectivity index (χ3v) is 6.57. The second-order valence-corrected chi connectivity index (χ2v) is 10.0. The van der Waals surface area contributed by atoms with Crippen LogP contribution in [0.1, 0.15) is 37.6 Å². The number of ether oxygens (including phenoxy) is 2. The van der Waals surface area contributed by atoms with Crippen LogP contribution >= 0.6 is 31.9 Å². The summed E-state index contributed by atoms with van der Waals surface area (Å²) in [7, 11) is 0.801. The summed E-state index contributed by atoms with van der Waals surface area (Å²) in [4.78, 5) is 29.5. The number of carbonyl (C=O) groups excluding carboxylic acids is 1. The summed E-state index contributed by atoms with van der Waals surface area (Å²) in [6, 6.07) is -0.0823. The van der Waals surface area contributed by atoms with E-state index in [1.807, 2.05) is 0 Å². The van der Waals surface area contributed by atoms with Gasteiger partial charge in [-0.3, -0.25) is 14.3 Å². The fourth-order valence-electron chi connectivity index (χ4n) is 3.44. The highest BCUT2D eigenvalue weighted by atomic mass is 79.9. The number of nitrogens with zero attached hydrogens (tertiary/aromatic N) is 3. The molecule has 2 aromatic rings. The quantitative estimate of drug-likeness (QED) is 0.164. The molecule has 224 valence electrons. The number of aromatic nitrogens is 2. The Labute approximate surface area is 237 Å². The molecule has 1 unspecified atom stereocenters. The van der Waals surface area contributed by atoms with E-state index in [4.69, 9.17) is 9.47 Å². The highest BCUT2D eigenvalue weighted by Gasteiger charge is 2.44. The van der Waals surface area contributed by atoms with E-state index in [0.29, 0.717) is 4.57 Å². The van der Waals surface area contributed by atoms with Gasteiger partial charge in [0.2, 0.25) is 12.2 Å². The lowest BCUT2D eigenvalue weighted by Crippen LogP contribution is -2.45. The van der Waals surface area contributed by atoms with Crippen molar-refractivity contribution in [1.29, 1.82) is 0 Å². The van der Waals surface area contributed by atoms with Gasteiger partial charge in [0.25, 0.3) is 5.56 Å². The van der Waals surface area contributed by atoms with E-state index < -0.39 is 86.2 Å². The highest BCUT2D eigenvalue weighted by Crippen LogP contribution is 2.46. The van der Waals surface area contributed by atoms with Gasteiger partial charge < -0.3 is 9.47 Å². The summed E-state index contributed by atoms with van der Waals surface area (Å²) in [6.07, 6.45) is -18.4. The second-order valence-electron chi connectivity index (χ2n) is 8.44. The summed E-state index contributed by atoms with van der Waals surface area (Å²) < 4.78 is 133. The minimum atomic E-state index is -5.41. The minimum absolute atomic E-state index is 0.145. The van der Waals surface area contributed by atoms with Gasteiger partial charge in [0.05, 0.1) is 27.9 Å². The molecule has 7 nitrogen and oxygen atoms in total. The maximum atomic E-state index is 13.9. The van der Waals surface area contributed by atoms with Gasteiger partial charge in [-0.25, -0.2) is 9.78 Å². The second kappa shape index (κ2) is 12.3. The first-order valence-electron chi connectivity index (χ1n) is 11.0. The molecule has 0 aliphatic rings. The Morgan fingerprint density at radius 3 is 2.00 bits per heavy atom. The van der Waals surface area contributed by atoms with Crippen molar-refractivity contribution >= 4 is 49.5 Å². The van der Waals surface area contributed by atoms with Crippen LogP contribution in [0.5, 0.6) is 0 Å². The Hall–Kier alpha value is -2.34. The van der Waals surface area contributed by atoms with Gasteiger partial charge in [0.15, 0.2) is 5.69 Å². The average molecular weight is 721 g/mol. The number of anilines is 2. The number of hydrogen-bond donors (Lipinski definition) is 0. The number of esters is 1. The van der Waals surface area contributed by atoms with Crippen LogP contribution in [0, 0.1) is 5.92 Å². The van der Waals surface area contributed by atoms with Crippen LogP contribution in [0.25, 0.3) is 0 Å². The Bertz CT molecular complexity index is 1310. The molecule has 0 saturated heterocycles. The molecule has 0 fully saturated rings. The monoisotopic (exact) mass is 719 g/mol. The fourth-order valence-corrected chi connectivity index (χ4v) is 4.61. The number of halogens is 11. The molecule has 0 saturated carbocycles. The van der Waals surface area contributed by atoms with E-state index in [1.165, 1.54) is 20.8 Å². The number of rotatable bonds is 8. The molecule has 0 aliphatic carbocycles. The van der Waals surface area contributed by atoms with Crippen LogP contribution < -0.4 is 10.5 Å². The molecular weight excluding hydrogens is 701 g/mol. The number of methoxy groups -OCH3 is 1. The smallest absolute Gasteiger partial charge is 0.434 e. The normalized spacial score (nSPS) is 13.5. The van der Waals surface area contributed by atoms with Gasteiger partial charge in [0.1, 0.15) is 4.47 Å². The fraction of sp³-hybridized carbons (Fsp3) is 0.500. The standard InChI is InChI=1S/C22H20Br2F9N3O4/c1-5-40-18(38)17(39-4)36(12-7-10(20(25,26)27)6-11(13(12)23)21(28,29)30)19-34-15(22(31,32)33)14(24)16(37)35(19)8-9(2)3/h6-7,9,17H,5,8H2,1-4H3. The highest BCUT2D eigenvalue weighted by molar-refractivity contribution is 9.11. The van der Waals surface area contributed by atoms with Crippen LogP contribution in [0.3, 0.4) is 0 Å². The molecule has 0 spiro atoms. The van der Waals surface area contributed by atoms with E-state index in [2.05, 4.69) is 36.8 Å². The summed E-state index contributed by atoms with van der Waals surface area (Å²) in [5.41, 5.74) is -8.12. The lowest BCUT2D eigenvalue weighted by atomic mass is 10.1. The van der Waals surface area contributed by atoms with Crippen molar-refractivity contribution in [2.45, 2.75) is 52.1 Å². The lowest BCUT2D eigenvalue weighted by Gasteiger charge is -2.34. The summed E-state index contributed by atoms with van der Waals surface area (Å²) in [5, 5.41) is 0. The van der Waals surface area contributed by atoms with E-state index in [9.17, 15) is 49.1 Å². The first kappa shape index (κ1) is 33.9. The van der Waals surface area contributed by atoms with Crippen molar-refractivity contribution in [1.82, 2.24) is 9.55 Å². The van der Waals surface area contributed by atoms with Crippen molar-refractivity contribution in [3.8, 4) is 0 Å². The molecule has 0 N–H and O–H groups in total. The van der Waals surface area contributed by atoms with Crippen LogP contribution in [0.4, 0.5) is 51.1 Å². The van der Waals surface area contributed by atoms with Gasteiger partial charge in [-0.2, -0.15) is 39.5 Å². The first-order chi connectivity index (χ1) is 18.2. The van der Waals surface area contributed by atoms with Crippen LogP contribution in [-0.4, -0.2) is 35.5 Å². The Morgan fingerprint density at radius 2 is 1.57 bits per heavy atom. The number of hydrogen-bond acceptors (Lipinski definition) is 6. The molecule has 1 atom stereocenters. The zero-order valence-electron chi connectivity index (χ0n) is 20.9. The SMILES string of the molecule is CCOC(=O)C(OC)N(c1cc(C(F)(F)F)cc(C(F)(F)F)c1Br)c1nc(C(F)(F)F)c(Br)c(=O)n1CC(C)C. The molecule has 0 bridgehead atoms. The molecule has 1 heterocycles. The third-order valence-electron chi connectivity index (χ3n) is 5.02. The van der Waals surface area contributed by atoms with E-state index in [1.54, 1.807) is 0 Å². The average Bonchev–Trinajstić information content (AvgIpc) is 2.79. The zero-order chi connectivity index (χ0) is 31.0. The molecule has 0 amide bonds. The van der Waals surface area contributed by atoms with Crippen molar-refractivity contribution < 1.29 is 53.8 Å². The Kier molecular flexibility index (Phi) is 10.4. The maximum Gasteiger partial charge on any atom is 0.434 e. The molecule has 0 radical (unpaired) electrons. The van der Waals surface area contributed by atoms with E-state index in [0.717, 1.165) is 7.11 Å². The molecule has 2 rings (SSSR count). The maximum absolute atomic E-state index is 13.9. The van der Waals surface area contributed by atoms with Gasteiger partial charge in [-0.1, -0.05) is 13.8 Å². The molecule has 40 heavy (non-hydrogen) atoms. The number of benzene rings is 1. The van der Waals surface area contributed by atoms with Gasteiger partial charge in [-0.05, 0) is 56.8 Å². The van der Waals surface area contributed by atoms with Crippen LogP contribution in [-0.2, 0) is 39.3 Å². The molecular formula is C22H20Br2F9N3O4. The Balaban J connectivity index is 3.24. The van der Waals surface area contributed by atoms with E-state index >= 15 is 0 Å². The van der Waals surface area contributed by atoms with Gasteiger partial charge in [0, 0.05) is 13.7 Å². The number of carbonyl (C=O) groups is 1. The summed E-state index contributed by atoms with van der Waals surface area (Å²) in [5.74, 6) is -3.06. The van der Waals surface area contributed by atoms with Crippen molar-refractivity contribution in [2.24, 2.45) is 5.92 Å². The lowest BCUT2D eigenvalue weighted by molar-refractivity contribution is -0.154. The predicted molar refractivity (Wildman–Crippen MR) is 130 cm³/mol. The summed E-state index contributed by atoms with van der Waals surface area (Å²) in [6.45, 7) is 3.58. The number of alkyl halides is 9. The molecule has 1 aromatic heterocycles.